The zero-order chi connectivity index (χ0) is 20.3. The highest BCUT2D eigenvalue weighted by Gasteiger charge is 2.12. The van der Waals surface area contributed by atoms with Gasteiger partial charge in [0.25, 0.3) is 11.8 Å². The Bertz CT molecular complexity index is 1030. The van der Waals surface area contributed by atoms with Crippen LogP contribution in [0.15, 0.2) is 60.7 Å². The van der Waals surface area contributed by atoms with E-state index in [1.54, 1.807) is 0 Å². The van der Waals surface area contributed by atoms with Crippen LogP contribution in [0.3, 0.4) is 0 Å². The zero-order valence-corrected chi connectivity index (χ0v) is 15.3. The molecule has 0 aliphatic carbocycles. The first-order valence-corrected chi connectivity index (χ1v) is 8.58. The maximum Gasteiger partial charge on any atom is 0.255 e. The van der Waals surface area contributed by atoms with E-state index in [9.17, 15) is 18.4 Å². The van der Waals surface area contributed by atoms with Gasteiger partial charge in [0, 0.05) is 22.9 Å². The molecule has 3 aromatic carbocycles. The van der Waals surface area contributed by atoms with E-state index >= 15 is 0 Å². The number of amides is 2. The third kappa shape index (κ3) is 4.59. The van der Waals surface area contributed by atoms with Crippen molar-refractivity contribution in [3.05, 3.63) is 94.6 Å². The summed E-state index contributed by atoms with van der Waals surface area (Å²) in [5.74, 6) is -2.46. The van der Waals surface area contributed by atoms with E-state index in [-0.39, 0.29) is 17.2 Å². The minimum Gasteiger partial charge on any atom is -0.322 e. The summed E-state index contributed by atoms with van der Waals surface area (Å²) in [5, 5.41) is 5.19. The molecule has 0 atom stereocenters. The summed E-state index contributed by atoms with van der Waals surface area (Å²) in [7, 11) is 0. The smallest absolute Gasteiger partial charge is 0.255 e. The molecule has 0 spiro atoms. The summed E-state index contributed by atoms with van der Waals surface area (Å²) in [6.07, 6.45) is 0. The predicted octanol–water partition coefficient (Wildman–Crippen LogP) is 5.09. The molecule has 2 N–H and O–H groups in total. The molecular weight excluding hydrogens is 362 g/mol. The molecule has 3 aromatic rings. The summed E-state index contributed by atoms with van der Waals surface area (Å²) < 4.78 is 26.6. The number of halogens is 2. The molecule has 0 aromatic heterocycles. The molecular formula is C22H18F2N2O2. The van der Waals surface area contributed by atoms with Gasteiger partial charge in [-0.1, -0.05) is 6.07 Å². The van der Waals surface area contributed by atoms with Crippen LogP contribution in [0.2, 0.25) is 0 Å². The Balaban J connectivity index is 1.70. The fourth-order valence-corrected chi connectivity index (χ4v) is 2.81. The number of hydrogen-bond acceptors (Lipinski definition) is 2. The van der Waals surface area contributed by atoms with Gasteiger partial charge in [0.15, 0.2) is 0 Å². The van der Waals surface area contributed by atoms with Crippen molar-refractivity contribution < 1.29 is 18.4 Å². The number of anilines is 2. The summed E-state index contributed by atoms with van der Waals surface area (Å²) in [5.41, 5.74) is 3.26. The molecule has 0 bridgehead atoms. The Morgan fingerprint density at radius 2 is 1.25 bits per heavy atom. The SMILES string of the molecule is Cc1cc(C)cc(NC(=O)c2ccc(C(=O)Nc3ccc(F)cc3F)cc2)c1. The van der Waals surface area contributed by atoms with Crippen LogP contribution in [0, 0.1) is 25.5 Å². The number of nitrogens with one attached hydrogen (secondary N) is 2. The van der Waals surface area contributed by atoms with Crippen molar-refractivity contribution >= 4 is 23.2 Å². The molecule has 142 valence electrons. The Morgan fingerprint density at radius 3 is 1.79 bits per heavy atom. The van der Waals surface area contributed by atoms with Gasteiger partial charge in [-0.2, -0.15) is 0 Å². The van der Waals surface area contributed by atoms with Crippen LogP contribution in [0.1, 0.15) is 31.8 Å². The molecule has 0 fully saturated rings. The number of hydrogen-bond donors (Lipinski definition) is 2. The van der Waals surface area contributed by atoms with E-state index in [4.69, 9.17) is 0 Å². The van der Waals surface area contributed by atoms with Crippen LogP contribution < -0.4 is 10.6 Å². The lowest BCUT2D eigenvalue weighted by atomic mass is 10.1. The maximum absolute atomic E-state index is 13.7. The van der Waals surface area contributed by atoms with Gasteiger partial charge < -0.3 is 10.6 Å². The Morgan fingerprint density at radius 1 is 0.714 bits per heavy atom. The first-order chi connectivity index (χ1) is 13.3. The monoisotopic (exact) mass is 380 g/mol. The van der Waals surface area contributed by atoms with Gasteiger partial charge in [-0.3, -0.25) is 9.59 Å². The van der Waals surface area contributed by atoms with E-state index < -0.39 is 17.5 Å². The molecule has 2 amide bonds. The van der Waals surface area contributed by atoms with Gasteiger partial charge >= 0.3 is 0 Å². The minimum absolute atomic E-state index is 0.122. The molecule has 3 rings (SSSR count). The zero-order valence-electron chi connectivity index (χ0n) is 15.3. The third-order valence-corrected chi connectivity index (χ3v) is 4.07. The molecule has 6 heteroatoms. The number of aryl methyl sites for hydroxylation is 2. The highest BCUT2D eigenvalue weighted by atomic mass is 19.1. The van der Waals surface area contributed by atoms with Crippen molar-refractivity contribution in [2.24, 2.45) is 0 Å². The van der Waals surface area contributed by atoms with Gasteiger partial charge in [0.2, 0.25) is 0 Å². The third-order valence-electron chi connectivity index (χ3n) is 4.07. The fraction of sp³-hybridized carbons (Fsp3) is 0.0909. The van der Waals surface area contributed by atoms with Gasteiger partial charge in [-0.25, -0.2) is 8.78 Å². The average Bonchev–Trinajstić information content (AvgIpc) is 2.63. The van der Waals surface area contributed by atoms with E-state index in [1.165, 1.54) is 24.3 Å². The van der Waals surface area contributed by atoms with Crippen molar-refractivity contribution in [2.75, 3.05) is 10.6 Å². The van der Waals surface area contributed by atoms with Crippen LogP contribution >= 0.6 is 0 Å². The highest BCUT2D eigenvalue weighted by Crippen LogP contribution is 2.18. The summed E-state index contributed by atoms with van der Waals surface area (Å²) in [4.78, 5) is 24.6. The van der Waals surface area contributed by atoms with Crippen LogP contribution in [0.4, 0.5) is 20.2 Å². The molecule has 0 aliphatic rings. The lowest BCUT2D eigenvalue weighted by molar-refractivity contribution is 0.101. The van der Waals surface area contributed by atoms with E-state index in [2.05, 4.69) is 10.6 Å². The largest absolute Gasteiger partial charge is 0.322 e. The van der Waals surface area contributed by atoms with Crippen molar-refractivity contribution in [1.82, 2.24) is 0 Å². The van der Waals surface area contributed by atoms with E-state index in [1.807, 2.05) is 32.0 Å². The standard InChI is InChI=1S/C22H18F2N2O2/c1-13-9-14(2)11-18(10-13)25-21(27)15-3-5-16(6-4-15)22(28)26-20-8-7-17(23)12-19(20)24/h3-12H,1-2H3,(H,25,27)(H,26,28). The molecule has 0 unspecified atom stereocenters. The topological polar surface area (TPSA) is 58.2 Å². The molecule has 0 saturated carbocycles. The number of benzene rings is 3. The maximum atomic E-state index is 13.7. The first-order valence-electron chi connectivity index (χ1n) is 8.58. The number of carbonyl (C=O) groups excluding carboxylic acids is 2. The Kier molecular flexibility index (Phi) is 5.49. The lowest BCUT2D eigenvalue weighted by Gasteiger charge is -2.09. The van der Waals surface area contributed by atoms with Crippen LogP contribution in [-0.4, -0.2) is 11.8 Å². The Hall–Kier alpha value is -3.54. The van der Waals surface area contributed by atoms with Crippen LogP contribution in [0.25, 0.3) is 0 Å². The van der Waals surface area contributed by atoms with Crippen LogP contribution in [0.5, 0.6) is 0 Å². The van der Waals surface area contributed by atoms with Crippen molar-refractivity contribution in [2.45, 2.75) is 13.8 Å². The molecule has 0 saturated heterocycles. The predicted molar refractivity (Wildman–Crippen MR) is 105 cm³/mol. The van der Waals surface area contributed by atoms with Crippen molar-refractivity contribution in [3.63, 3.8) is 0 Å². The average molecular weight is 380 g/mol. The summed E-state index contributed by atoms with van der Waals surface area (Å²) >= 11 is 0. The first kappa shape index (κ1) is 19.2. The highest BCUT2D eigenvalue weighted by molar-refractivity contribution is 6.07. The Labute approximate surface area is 161 Å². The second-order valence-corrected chi connectivity index (χ2v) is 6.49. The van der Waals surface area contributed by atoms with Crippen molar-refractivity contribution in [3.8, 4) is 0 Å². The fourth-order valence-electron chi connectivity index (χ4n) is 2.81. The summed E-state index contributed by atoms with van der Waals surface area (Å²) in [6.45, 7) is 3.89. The molecule has 0 radical (unpaired) electrons. The number of rotatable bonds is 4. The molecule has 0 aliphatic heterocycles. The normalized spacial score (nSPS) is 10.4. The molecule has 0 heterocycles. The second kappa shape index (κ2) is 8.00. The van der Waals surface area contributed by atoms with Gasteiger partial charge in [-0.15, -0.1) is 0 Å². The minimum atomic E-state index is -0.863. The molecule has 4 nitrogen and oxygen atoms in total. The second-order valence-electron chi connectivity index (χ2n) is 6.49. The van der Waals surface area contributed by atoms with Crippen LogP contribution in [-0.2, 0) is 0 Å². The van der Waals surface area contributed by atoms with Crippen molar-refractivity contribution in [1.29, 1.82) is 0 Å². The van der Waals surface area contributed by atoms with Gasteiger partial charge in [-0.05, 0) is 73.5 Å². The van der Waals surface area contributed by atoms with Gasteiger partial charge in [0.05, 0.1) is 5.69 Å². The summed E-state index contributed by atoms with van der Waals surface area (Å²) in [6, 6.07) is 14.6. The van der Waals surface area contributed by atoms with E-state index in [0.717, 1.165) is 23.3 Å². The molecule has 28 heavy (non-hydrogen) atoms. The van der Waals surface area contributed by atoms with E-state index in [0.29, 0.717) is 17.3 Å². The quantitative estimate of drug-likeness (QED) is 0.663. The van der Waals surface area contributed by atoms with Gasteiger partial charge in [0.1, 0.15) is 11.6 Å². The number of carbonyl (C=O) groups is 2. The lowest BCUT2D eigenvalue weighted by Crippen LogP contribution is -2.15.